The molecule has 0 radical (unpaired) electrons. The van der Waals surface area contributed by atoms with Crippen molar-refractivity contribution < 1.29 is 27.4 Å². The summed E-state index contributed by atoms with van der Waals surface area (Å²) in [7, 11) is 0. The van der Waals surface area contributed by atoms with E-state index >= 15 is 0 Å². The van der Waals surface area contributed by atoms with Crippen molar-refractivity contribution in [3.63, 3.8) is 0 Å². The molecular weight excluding hydrogens is 395 g/mol. The third kappa shape index (κ3) is 5.10. The van der Waals surface area contributed by atoms with Gasteiger partial charge in [0.1, 0.15) is 5.60 Å². The van der Waals surface area contributed by atoms with Crippen LogP contribution < -0.4 is 0 Å². The summed E-state index contributed by atoms with van der Waals surface area (Å²) in [5.74, 6) is 0. The lowest BCUT2D eigenvalue weighted by Gasteiger charge is -2.34. The fraction of sp³-hybridized carbons (Fsp3) is 0.714. The van der Waals surface area contributed by atoms with Gasteiger partial charge in [-0.1, -0.05) is 0 Å². The number of halogens is 4. The van der Waals surface area contributed by atoms with Gasteiger partial charge < -0.3 is 18.9 Å². The highest BCUT2D eigenvalue weighted by molar-refractivity contribution is 9.10. The molecule has 24 heavy (non-hydrogen) atoms. The largest absolute Gasteiger partial charge is 0.444 e. The number of morpholine rings is 1. The van der Waals surface area contributed by atoms with Gasteiger partial charge in [-0.2, -0.15) is 13.2 Å². The van der Waals surface area contributed by atoms with Crippen molar-refractivity contribution in [3.05, 3.63) is 16.6 Å². The maximum Gasteiger partial charge on any atom is 0.434 e. The van der Waals surface area contributed by atoms with Gasteiger partial charge in [0, 0.05) is 12.7 Å². The maximum absolute atomic E-state index is 12.7. The molecule has 1 fully saturated rings. The number of hydrogen-bond acceptors (Lipinski definition) is 4. The van der Waals surface area contributed by atoms with Gasteiger partial charge in [0.25, 0.3) is 0 Å². The van der Waals surface area contributed by atoms with E-state index in [1.165, 1.54) is 9.47 Å². The van der Waals surface area contributed by atoms with Gasteiger partial charge in [-0.25, -0.2) is 9.78 Å². The Bertz CT molecular complexity index is 598. The van der Waals surface area contributed by atoms with E-state index in [0.29, 0.717) is 13.2 Å². The van der Waals surface area contributed by atoms with E-state index in [1.54, 1.807) is 20.8 Å². The number of alkyl halides is 3. The quantitative estimate of drug-likeness (QED) is 0.746. The second-order valence-electron chi connectivity index (χ2n) is 6.46. The van der Waals surface area contributed by atoms with Crippen molar-refractivity contribution in [1.29, 1.82) is 0 Å². The molecule has 1 aliphatic rings. The first-order valence-corrected chi connectivity index (χ1v) is 8.14. The summed E-state index contributed by atoms with van der Waals surface area (Å²) in [6.45, 7) is 6.36. The highest BCUT2D eigenvalue weighted by Gasteiger charge is 2.35. The number of hydrogen-bond donors (Lipinski definition) is 0. The van der Waals surface area contributed by atoms with Gasteiger partial charge in [-0.05, 0) is 36.7 Å². The third-order valence-corrected chi connectivity index (χ3v) is 3.84. The van der Waals surface area contributed by atoms with E-state index in [4.69, 9.17) is 9.47 Å². The van der Waals surface area contributed by atoms with Crippen LogP contribution in [-0.2, 0) is 22.2 Å². The van der Waals surface area contributed by atoms with Crippen LogP contribution in [0.15, 0.2) is 10.9 Å². The number of amides is 1. The molecule has 0 aromatic carbocycles. The minimum absolute atomic E-state index is 0.0628. The molecule has 0 aliphatic carbocycles. The third-order valence-electron chi connectivity index (χ3n) is 3.21. The van der Waals surface area contributed by atoms with Crippen molar-refractivity contribution >= 4 is 22.0 Å². The first kappa shape index (κ1) is 19.0. The molecule has 1 aromatic heterocycles. The van der Waals surface area contributed by atoms with Crippen molar-refractivity contribution in [3.8, 4) is 0 Å². The molecule has 0 unspecified atom stereocenters. The molecule has 0 bridgehead atoms. The van der Waals surface area contributed by atoms with Crippen molar-refractivity contribution in [2.24, 2.45) is 0 Å². The van der Waals surface area contributed by atoms with Crippen LogP contribution in [0.3, 0.4) is 0 Å². The Kier molecular flexibility index (Phi) is 5.48. The maximum atomic E-state index is 12.7. The van der Waals surface area contributed by atoms with Crippen LogP contribution in [0.25, 0.3) is 0 Å². The first-order valence-electron chi connectivity index (χ1n) is 7.35. The molecule has 1 amide bonds. The van der Waals surface area contributed by atoms with Crippen LogP contribution in [0.4, 0.5) is 18.0 Å². The number of carbonyl (C=O) groups is 1. The number of ether oxygens (including phenoxy) is 2. The smallest absolute Gasteiger partial charge is 0.434 e. The van der Waals surface area contributed by atoms with Crippen LogP contribution in [-0.4, -0.2) is 51.9 Å². The Hall–Kier alpha value is -1.29. The Morgan fingerprint density at radius 2 is 2.12 bits per heavy atom. The monoisotopic (exact) mass is 413 g/mol. The van der Waals surface area contributed by atoms with Crippen molar-refractivity contribution in [2.45, 2.75) is 45.2 Å². The van der Waals surface area contributed by atoms with Crippen molar-refractivity contribution in [2.75, 3.05) is 19.7 Å². The van der Waals surface area contributed by atoms with Gasteiger partial charge in [0.05, 0.1) is 25.8 Å². The molecule has 6 nitrogen and oxygen atoms in total. The Balaban J connectivity index is 2.01. The lowest BCUT2D eigenvalue weighted by Crippen LogP contribution is -2.48. The molecule has 1 saturated heterocycles. The van der Waals surface area contributed by atoms with E-state index in [-0.39, 0.29) is 17.8 Å². The number of nitrogens with zero attached hydrogens (tertiary/aromatic N) is 3. The summed E-state index contributed by atoms with van der Waals surface area (Å²) in [5.41, 5.74) is -1.59. The van der Waals surface area contributed by atoms with Crippen LogP contribution in [0.2, 0.25) is 0 Å². The van der Waals surface area contributed by atoms with E-state index in [0.717, 1.165) is 6.20 Å². The van der Waals surface area contributed by atoms with Crippen LogP contribution in [0.5, 0.6) is 0 Å². The number of carbonyl (C=O) groups excluding carboxylic acids is 1. The van der Waals surface area contributed by atoms with Gasteiger partial charge in [0.2, 0.25) is 0 Å². The predicted molar refractivity (Wildman–Crippen MR) is 82.5 cm³/mol. The summed E-state index contributed by atoms with van der Waals surface area (Å²) in [4.78, 5) is 17.0. The van der Waals surface area contributed by atoms with Crippen LogP contribution >= 0.6 is 15.9 Å². The van der Waals surface area contributed by atoms with Crippen molar-refractivity contribution in [1.82, 2.24) is 14.5 Å². The fourth-order valence-electron chi connectivity index (χ4n) is 2.20. The Morgan fingerprint density at radius 1 is 1.46 bits per heavy atom. The number of aromatic nitrogens is 2. The molecular formula is C14H19BrF3N3O3. The fourth-order valence-corrected chi connectivity index (χ4v) is 2.64. The SMILES string of the molecule is CC(C)(C)OC(=O)N1CCO[C@H](Cn2cc(C(F)(F)F)nc2Br)C1. The zero-order valence-electron chi connectivity index (χ0n) is 13.6. The average molecular weight is 414 g/mol. The standard InChI is InChI=1S/C14H19BrF3N3O3/c1-13(2,3)24-12(22)20-4-5-23-9(6-20)7-21-8-10(14(16,17)18)19-11(21)15/h8-9H,4-7H2,1-3H3/t9-/m0/s1. The van der Waals surface area contributed by atoms with Crippen LogP contribution in [0, 0.1) is 0 Å². The minimum Gasteiger partial charge on any atom is -0.444 e. The summed E-state index contributed by atoms with van der Waals surface area (Å²) < 4.78 is 50.3. The average Bonchev–Trinajstić information content (AvgIpc) is 2.79. The zero-order chi connectivity index (χ0) is 18.1. The van der Waals surface area contributed by atoms with Gasteiger partial charge in [0.15, 0.2) is 10.4 Å². The first-order chi connectivity index (χ1) is 11.0. The molecule has 2 heterocycles. The lowest BCUT2D eigenvalue weighted by molar-refractivity contribution is -0.141. The number of imidazole rings is 1. The Morgan fingerprint density at radius 3 is 2.67 bits per heavy atom. The highest BCUT2D eigenvalue weighted by Crippen LogP contribution is 2.29. The van der Waals surface area contributed by atoms with Crippen LogP contribution in [0.1, 0.15) is 26.5 Å². The van der Waals surface area contributed by atoms with E-state index in [1.807, 2.05) is 0 Å². The molecule has 0 spiro atoms. The summed E-state index contributed by atoms with van der Waals surface area (Å²) in [6.07, 6.45) is -4.50. The highest BCUT2D eigenvalue weighted by atomic mass is 79.9. The summed E-state index contributed by atoms with van der Waals surface area (Å²) in [5, 5.41) is 0. The topological polar surface area (TPSA) is 56.6 Å². The molecule has 10 heteroatoms. The zero-order valence-corrected chi connectivity index (χ0v) is 15.1. The van der Waals surface area contributed by atoms with Gasteiger partial charge in [-0.3, -0.25) is 0 Å². The normalized spacial score (nSPS) is 19.5. The summed E-state index contributed by atoms with van der Waals surface area (Å²) in [6, 6.07) is 0. The second kappa shape index (κ2) is 6.91. The predicted octanol–water partition coefficient (Wildman–Crippen LogP) is 3.30. The van der Waals surface area contributed by atoms with E-state index in [9.17, 15) is 18.0 Å². The molecule has 1 atom stereocenters. The number of rotatable bonds is 2. The van der Waals surface area contributed by atoms with Gasteiger partial charge in [-0.15, -0.1) is 0 Å². The molecule has 2 rings (SSSR count). The Labute approximate surface area is 146 Å². The minimum atomic E-state index is -4.51. The molecule has 136 valence electrons. The lowest BCUT2D eigenvalue weighted by atomic mass is 10.2. The molecule has 0 saturated carbocycles. The molecule has 1 aliphatic heterocycles. The molecule has 1 aromatic rings. The molecule has 0 N–H and O–H groups in total. The second-order valence-corrected chi connectivity index (χ2v) is 7.17. The van der Waals surface area contributed by atoms with E-state index < -0.39 is 29.7 Å². The van der Waals surface area contributed by atoms with E-state index in [2.05, 4.69) is 20.9 Å². The summed E-state index contributed by atoms with van der Waals surface area (Å²) >= 11 is 3.01. The van der Waals surface area contributed by atoms with Gasteiger partial charge >= 0.3 is 12.3 Å².